The second kappa shape index (κ2) is 11.3. The van der Waals surface area contributed by atoms with Crippen LogP contribution in [0.3, 0.4) is 0 Å². The Hall–Kier alpha value is -4.43. The Bertz CT molecular complexity index is 1770. The number of nitrogens with zero attached hydrogens (tertiary/aromatic N) is 5. The fourth-order valence-electron chi connectivity index (χ4n) is 5.35. The number of aromatic amines is 1. The molecule has 4 aromatic rings. The molecule has 4 heterocycles. The number of H-pyrrole nitrogens is 1. The number of aryl methyl sites for hydroxylation is 1. The number of rotatable bonds is 8. The van der Waals surface area contributed by atoms with Crippen LogP contribution in [0.4, 0.5) is 34.5 Å². The SMILES string of the molecule is COc1cc(N2CCN(C)CC2)c(C)cc1Nc1nc(Nc2ccc3c(c2N(C)S(C)(=O)=O)OCCO3)c2cc[nH]c2n1. The number of fused-ring (bicyclic) bond motifs is 2. The lowest BCUT2D eigenvalue weighted by Crippen LogP contribution is -2.44. The molecular formula is C29H36N8O5S. The predicted molar refractivity (Wildman–Crippen MR) is 169 cm³/mol. The van der Waals surface area contributed by atoms with Crippen LogP contribution in [-0.4, -0.2) is 95.1 Å². The highest BCUT2D eigenvalue weighted by Gasteiger charge is 2.27. The highest BCUT2D eigenvalue weighted by Crippen LogP contribution is 2.46. The van der Waals surface area contributed by atoms with E-state index in [2.05, 4.69) is 50.4 Å². The maximum Gasteiger partial charge on any atom is 0.232 e. The molecule has 0 atom stereocenters. The van der Waals surface area contributed by atoms with E-state index in [4.69, 9.17) is 19.2 Å². The largest absolute Gasteiger partial charge is 0.494 e. The molecule has 0 amide bonds. The van der Waals surface area contributed by atoms with Crippen LogP contribution in [0.1, 0.15) is 5.56 Å². The fraction of sp³-hybridized carbons (Fsp3) is 0.379. The number of nitrogens with one attached hydrogen (secondary N) is 3. The van der Waals surface area contributed by atoms with Crippen LogP contribution in [0.2, 0.25) is 0 Å². The number of benzene rings is 2. The molecule has 1 saturated heterocycles. The van der Waals surface area contributed by atoms with Gasteiger partial charge in [-0.05, 0) is 43.8 Å². The summed E-state index contributed by atoms with van der Waals surface area (Å²) in [6.45, 7) is 6.68. The highest BCUT2D eigenvalue weighted by atomic mass is 32.2. The van der Waals surface area contributed by atoms with E-state index in [0.717, 1.165) is 54.8 Å². The van der Waals surface area contributed by atoms with E-state index in [1.54, 1.807) is 25.4 Å². The first-order valence-corrected chi connectivity index (χ1v) is 15.8. The van der Waals surface area contributed by atoms with E-state index in [1.165, 1.54) is 11.4 Å². The molecule has 2 aromatic heterocycles. The molecular weight excluding hydrogens is 572 g/mol. The number of hydrogen-bond donors (Lipinski definition) is 3. The van der Waals surface area contributed by atoms with Crippen LogP contribution in [0.25, 0.3) is 11.0 Å². The first-order chi connectivity index (χ1) is 20.6. The molecule has 2 aliphatic heterocycles. The number of ether oxygens (including phenoxy) is 3. The number of piperazine rings is 1. The van der Waals surface area contributed by atoms with Crippen molar-refractivity contribution in [2.24, 2.45) is 0 Å². The van der Waals surface area contributed by atoms with Gasteiger partial charge in [-0.1, -0.05) is 0 Å². The maximum absolute atomic E-state index is 12.6. The predicted octanol–water partition coefficient (Wildman–Crippen LogP) is 3.68. The second-order valence-electron chi connectivity index (χ2n) is 10.7. The van der Waals surface area contributed by atoms with Gasteiger partial charge in [-0.15, -0.1) is 0 Å². The second-order valence-corrected chi connectivity index (χ2v) is 12.7. The zero-order valence-corrected chi connectivity index (χ0v) is 25.7. The average molecular weight is 609 g/mol. The van der Waals surface area contributed by atoms with E-state index >= 15 is 0 Å². The van der Waals surface area contributed by atoms with Gasteiger partial charge in [-0.3, -0.25) is 4.31 Å². The van der Waals surface area contributed by atoms with Crippen LogP contribution >= 0.6 is 0 Å². The Balaban J connectivity index is 1.37. The van der Waals surface area contributed by atoms with Gasteiger partial charge >= 0.3 is 0 Å². The standard InChI is InChI=1S/C29H36N8O5S/c1-18-16-21(24(40-4)17-22(18)37-12-10-35(2)11-13-37)32-29-33-27-19(8-9-30-27)28(34-29)31-20-6-7-23-26(42-15-14-41-23)25(20)36(3)43(5,38)39/h6-9,16-17H,10-15H2,1-5H3,(H3,30,31,32,33,34). The number of aromatic nitrogens is 3. The third-order valence-corrected chi connectivity index (χ3v) is 8.95. The summed E-state index contributed by atoms with van der Waals surface area (Å²) < 4.78 is 43.8. The molecule has 0 spiro atoms. The Morgan fingerprint density at radius 1 is 1.02 bits per heavy atom. The Morgan fingerprint density at radius 3 is 2.53 bits per heavy atom. The Kier molecular flexibility index (Phi) is 7.56. The topological polar surface area (TPSA) is 137 Å². The van der Waals surface area contributed by atoms with Gasteiger partial charge in [0.15, 0.2) is 11.5 Å². The first kappa shape index (κ1) is 28.7. The smallest absolute Gasteiger partial charge is 0.232 e. The van der Waals surface area contributed by atoms with Crippen molar-refractivity contribution >= 4 is 55.6 Å². The van der Waals surface area contributed by atoms with Crippen LogP contribution in [0.5, 0.6) is 17.2 Å². The number of likely N-dealkylation sites (N-methyl/N-ethyl adjacent to an activating group) is 1. The quantitative estimate of drug-likeness (QED) is 0.270. The average Bonchev–Trinajstić information content (AvgIpc) is 3.46. The van der Waals surface area contributed by atoms with Crippen LogP contribution < -0.4 is 34.0 Å². The van der Waals surface area contributed by atoms with Gasteiger partial charge in [0, 0.05) is 51.2 Å². The van der Waals surface area contributed by atoms with E-state index in [9.17, 15) is 8.42 Å². The van der Waals surface area contributed by atoms with E-state index in [0.29, 0.717) is 59.3 Å². The zero-order chi connectivity index (χ0) is 30.3. The third-order valence-electron chi connectivity index (χ3n) is 7.77. The maximum atomic E-state index is 12.6. The molecule has 0 bridgehead atoms. The van der Waals surface area contributed by atoms with E-state index in [-0.39, 0.29) is 0 Å². The van der Waals surface area contributed by atoms with E-state index in [1.807, 2.05) is 12.1 Å². The summed E-state index contributed by atoms with van der Waals surface area (Å²) in [5.41, 5.74) is 4.38. The van der Waals surface area contributed by atoms with Gasteiger partial charge in [0.25, 0.3) is 0 Å². The zero-order valence-electron chi connectivity index (χ0n) is 24.9. The minimum Gasteiger partial charge on any atom is -0.494 e. The fourth-order valence-corrected chi connectivity index (χ4v) is 5.87. The molecule has 14 heteroatoms. The van der Waals surface area contributed by atoms with Crippen LogP contribution in [-0.2, 0) is 10.0 Å². The molecule has 6 rings (SSSR count). The lowest BCUT2D eigenvalue weighted by Gasteiger charge is -2.35. The summed E-state index contributed by atoms with van der Waals surface area (Å²) in [5.74, 6) is 2.30. The van der Waals surface area contributed by atoms with Crippen molar-refractivity contribution in [3.05, 3.63) is 42.1 Å². The number of anilines is 6. The molecule has 2 aliphatic rings. The molecule has 13 nitrogen and oxygen atoms in total. The molecule has 0 unspecified atom stereocenters. The highest BCUT2D eigenvalue weighted by molar-refractivity contribution is 7.92. The number of methoxy groups -OCH3 is 1. The van der Waals surface area contributed by atoms with E-state index < -0.39 is 10.0 Å². The molecule has 43 heavy (non-hydrogen) atoms. The van der Waals surface area contributed by atoms with Crippen molar-refractivity contribution in [1.29, 1.82) is 0 Å². The lowest BCUT2D eigenvalue weighted by molar-refractivity contribution is 0.172. The summed E-state index contributed by atoms with van der Waals surface area (Å²) in [6.07, 6.45) is 2.92. The van der Waals surface area contributed by atoms with Gasteiger partial charge in [-0.25, -0.2) is 8.42 Å². The molecule has 1 fully saturated rings. The monoisotopic (exact) mass is 608 g/mol. The van der Waals surface area contributed by atoms with Gasteiger partial charge < -0.3 is 39.6 Å². The summed E-state index contributed by atoms with van der Waals surface area (Å²) in [6, 6.07) is 9.46. The van der Waals surface area contributed by atoms with Gasteiger partial charge in [0.05, 0.1) is 30.1 Å². The molecule has 0 radical (unpaired) electrons. The normalized spacial score (nSPS) is 15.4. The molecule has 0 saturated carbocycles. The van der Waals surface area contributed by atoms with Crippen molar-refractivity contribution < 1.29 is 22.6 Å². The summed E-state index contributed by atoms with van der Waals surface area (Å²) >= 11 is 0. The van der Waals surface area contributed by atoms with Crippen LogP contribution in [0, 0.1) is 6.92 Å². The van der Waals surface area contributed by atoms with Crippen LogP contribution in [0.15, 0.2) is 36.5 Å². The first-order valence-electron chi connectivity index (χ1n) is 14.0. The summed E-state index contributed by atoms with van der Waals surface area (Å²) in [5, 5.41) is 7.39. The van der Waals surface area contributed by atoms with Gasteiger partial charge in [0.2, 0.25) is 16.0 Å². The summed E-state index contributed by atoms with van der Waals surface area (Å²) in [7, 11) is 1.64. The molecule has 2 aromatic carbocycles. The van der Waals surface area contributed by atoms with Crippen molar-refractivity contribution in [2.75, 3.05) is 86.7 Å². The van der Waals surface area contributed by atoms with Crippen molar-refractivity contribution in [3.63, 3.8) is 0 Å². The Labute approximate surface area is 250 Å². The van der Waals surface area contributed by atoms with Gasteiger partial charge in [-0.2, -0.15) is 9.97 Å². The number of sulfonamides is 1. The van der Waals surface area contributed by atoms with Crippen molar-refractivity contribution in [1.82, 2.24) is 19.9 Å². The lowest BCUT2D eigenvalue weighted by atomic mass is 10.1. The Morgan fingerprint density at radius 2 is 1.79 bits per heavy atom. The minimum atomic E-state index is -3.62. The van der Waals surface area contributed by atoms with Crippen molar-refractivity contribution in [3.8, 4) is 17.2 Å². The molecule has 3 N–H and O–H groups in total. The van der Waals surface area contributed by atoms with Crippen molar-refractivity contribution in [2.45, 2.75) is 6.92 Å². The van der Waals surface area contributed by atoms with Gasteiger partial charge in [0.1, 0.15) is 36.1 Å². The number of hydrogen-bond acceptors (Lipinski definition) is 11. The summed E-state index contributed by atoms with van der Waals surface area (Å²) in [4.78, 5) is 17.3. The third kappa shape index (κ3) is 5.67. The molecule has 0 aliphatic carbocycles. The minimum absolute atomic E-state index is 0.305. The molecule has 228 valence electrons.